The molecule has 0 spiro atoms. The van der Waals surface area contributed by atoms with Gasteiger partial charge in [-0.2, -0.15) is 0 Å². The van der Waals surface area contributed by atoms with Crippen molar-refractivity contribution in [2.45, 2.75) is 5.92 Å². The molecule has 0 aliphatic carbocycles. The molecule has 1 atom stereocenters. The van der Waals surface area contributed by atoms with E-state index in [4.69, 9.17) is 9.84 Å². The van der Waals surface area contributed by atoms with E-state index in [2.05, 4.69) is 5.32 Å². The maximum Gasteiger partial charge on any atom is 0.312 e. The fourth-order valence-corrected chi connectivity index (χ4v) is 1.66. The molecule has 2 N–H and O–H groups in total. The van der Waals surface area contributed by atoms with Gasteiger partial charge in [-0.05, 0) is 11.6 Å². The van der Waals surface area contributed by atoms with Gasteiger partial charge in [-0.1, -0.05) is 6.07 Å². The van der Waals surface area contributed by atoms with Crippen LogP contribution in [0.2, 0.25) is 0 Å². The Labute approximate surface area is 81.5 Å². The average Bonchev–Trinajstić information content (AvgIpc) is 2.59. The topological polar surface area (TPSA) is 58.6 Å². The Kier molecular flexibility index (Phi) is 2.04. The van der Waals surface area contributed by atoms with Crippen molar-refractivity contribution >= 4 is 11.7 Å². The van der Waals surface area contributed by atoms with Gasteiger partial charge in [0.15, 0.2) is 0 Å². The van der Waals surface area contributed by atoms with Crippen molar-refractivity contribution in [3.05, 3.63) is 23.8 Å². The first kappa shape index (κ1) is 8.87. The summed E-state index contributed by atoms with van der Waals surface area (Å²) >= 11 is 0. The molecule has 0 bridgehead atoms. The summed E-state index contributed by atoms with van der Waals surface area (Å²) in [7, 11) is 1.59. The Morgan fingerprint density at radius 3 is 3.07 bits per heavy atom. The van der Waals surface area contributed by atoms with Crippen LogP contribution in [0.25, 0.3) is 0 Å². The Balaban J connectivity index is 2.38. The lowest BCUT2D eigenvalue weighted by Gasteiger charge is -2.05. The minimum Gasteiger partial charge on any atom is -0.497 e. The second-order valence-corrected chi connectivity index (χ2v) is 3.22. The molecule has 14 heavy (non-hydrogen) atoms. The van der Waals surface area contributed by atoms with Crippen LogP contribution in [0.1, 0.15) is 11.5 Å². The van der Waals surface area contributed by atoms with E-state index in [1.165, 1.54) is 0 Å². The summed E-state index contributed by atoms with van der Waals surface area (Å²) in [6, 6.07) is 5.40. The molecule has 1 aliphatic rings. The van der Waals surface area contributed by atoms with Crippen LogP contribution >= 0.6 is 0 Å². The smallest absolute Gasteiger partial charge is 0.312 e. The van der Waals surface area contributed by atoms with Crippen LogP contribution in [-0.4, -0.2) is 24.7 Å². The highest BCUT2D eigenvalue weighted by atomic mass is 16.5. The van der Waals surface area contributed by atoms with E-state index in [1.54, 1.807) is 19.2 Å². The zero-order valence-electron chi connectivity index (χ0n) is 7.78. The van der Waals surface area contributed by atoms with Crippen LogP contribution in [0.4, 0.5) is 5.69 Å². The van der Waals surface area contributed by atoms with Gasteiger partial charge in [0.05, 0.1) is 7.11 Å². The number of carboxylic acids is 1. The minimum absolute atomic E-state index is 0.434. The van der Waals surface area contributed by atoms with Gasteiger partial charge in [0.25, 0.3) is 0 Å². The van der Waals surface area contributed by atoms with Gasteiger partial charge in [0.2, 0.25) is 0 Å². The molecule has 1 aromatic carbocycles. The molecule has 0 amide bonds. The third-order valence-corrected chi connectivity index (χ3v) is 2.43. The first-order valence-corrected chi connectivity index (χ1v) is 4.37. The lowest BCUT2D eigenvalue weighted by Crippen LogP contribution is -2.12. The standard InChI is InChI=1S/C10H11NO3/c1-14-6-2-3-7-8(10(12)13)5-11-9(7)4-6/h2-4,8,11H,5H2,1H3,(H,12,13). The lowest BCUT2D eigenvalue weighted by molar-refractivity contribution is -0.138. The molecule has 0 radical (unpaired) electrons. The first-order valence-electron chi connectivity index (χ1n) is 4.37. The van der Waals surface area contributed by atoms with E-state index >= 15 is 0 Å². The normalized spacial score (nSPS) is 18.5. The summed E-state index contributed by atoms with van der Waals surface area (Å²) in [5.74, 6) is -0.486. The second-order valence-electron chi connectivity index (χ2n) is 3.22. The molecule has 0 saturated heterocycles. The molecule has 0 saturated carbocycles. The van der Waals surface area contributed by atoms with E-state index in [1.807, 2.05) is 6.07 Å². The average molecular weight is 193 g/mol. The Morgan fingerprint density at radius 1 is 1.64 bits per heavy atom. The quantitative estimate of drug-likeness (QED) is 0.743. The zero-order valence-corrected chi connectivity index (χ0v) is 7.78. The summed E-state index contributed by atoms with van der Waals surface area (Å²) in [4.78, 5) is 10.8. The number of rotatable bonds is 2. The van der Waals surface area contributed by atoms with Gasteiger partial charge in [-0.25, -0.2) is 0 Å². The fourth-order valence-electron chi connectivity index (χ4n) is 1.66. The van der Waals surface area contributed by atoms with E-state index < -0.39 is 11.9 Å². The number of fused-ring (bicyclic) bond motifs is 1. The predicted octanol–water partition coefficient (Wildman–Crippen LogP) is 1.29. The highest BCUT2D eigenvalue weighted by Crippen LogP contribution is 2.34. The summed E-state index contributed by atoms with van der Waals surface area (Å²) in [5, 5.41) is 12.0. The minimum atomic E-state index is -0.790. The van der Waals surface area contributed by atoms with Crippen molar-refractivity contribution in [2.24, 2.45) is 0 Å². The third kappa shape index (κ3) is 1.28. The molecule has 1 heterocycles. The molecule has 2 rings (SSSR count). The van der Waals surface area contributed by atoms with E-state index in [0.717, 1.165) is 17.0 Å². The molecule has 74 valence electrons. The van der Waals surface area contributed by atoms with Crippen LogP contribution in [0.15, 0.2) is 18.2 Å². The van der Waals surface area contributed by atoms with Gasteiger partial charge in [-0.3, -0.25) is 4.79 Å². The van der Waals surface area contributed by atoms with Gasteiger partial charge in [0, 0.05) is 18.3 Å². The zero-order chi connectivity index (χ0) is 10.1. The lowest BCUT2D eigenvalue weighted by atomic mass is 10.0. The van der Waals surface area contributed by atoms with Crippen LogP contribution < -0.4 is 10.1 Å². The summed E-state index contributed by atoms with van der Waals surface area (Å²) in [6.07, 6.45) is 0. The highest BCUT2D eigenvalue weighted by molar-refractivity contribution is 5.82. The first-order chi connectivity index (χ1) is 6.72. The van der Waals surface area contributed by atoms with Crippen LogP contribution in [0.3, 0.4) is 0 Å². The van der Waals surface area contributed by atoms with Crippen molar-refractivity contribution in [1.82, 2.24) is 0 Å². The molecule has 4 heteroatoms. The van der Waals surface area contributed by atoms with Crippen LogP contribution in [0, 0.1) is 0 Å². The molecule has 1 aliphatic heterocycles. The number of methoxy groups -OCH3 is 1. The number of benzene rings is 1. The third-order valence-electron chi connectivity index (χ3n) is 2.43. The van der Waals surface area contributed by atoms with Gasteiger partial charge in [0.1, 0.15) is 11.7 Å². The largest absolute Gasteiger partial charge is 0.497 e. The fraction of sp³-hybridized carbons (Fsp3) is 0.300. The number of hydrogen-bond acceptors (Lipinski definition) is 3. The monoisotopic (exact) mass is 193 g/mol. The second kappa shape index (κ2) is 3.21. The SMILES string of the molecule is COc1ccc2c(c1)NCC2C(=O)O. The summed E-state index contributed by atoms with van der Waals surface area (Å²) in [5.41, 5.74) is 1.69. The number of aliphatic carboxylic acids is 1. The molecule has 1 unspecified atom stereocenters. The van der Waals surface area contributed by atoms with Crippen molar-refractivity contribution < 1.29 is 14.6 Å². The summed E-state index contributed by atoms with van der Waals surface area (Å²) in [6.45, 7) is 0.456. The van der Waals surface area contributed by atoms with Gasteiger partial charge < -0.3 is 15.2 Å². The van der Waals surface area contributed by atoms with Gasteiger partial charge in [-0.15, -0.1) is 0 Å². The number of carboxylic acid groups (broad SMARTS) is 1. The number of nitrogens with one attached hydrogen (secondary N) is 1. The molecular weight excluding hydrogens is 182 g/mol. The van der Waals surface area contributed by atoms with Crippen LogP contribution in [0.5, 0.6) is 5.75 Å². The Hall–Kier alpha value is -1.71. The van der Waals surface area contributed by atoms with Crippen LogP contribution in [-0.2, 0) is 4.79 Å². The number of hydrogen-bond donors (Lipinski definition) is 2. The molecule has 0 aromatic heterocycles. The van der Waals surface area contributed by atoms with Gasteiger partial charge >= 0.3 is 5.97 Å². The molecule has 1 aromatic rings. The summed E-state index contributed by atoms with van der Waals surface area (Å²) < 4.78 is 5.05. The van der Waals surface area contributed by atoms with Crippen molar-refractivity contribution in [2.75, 3.05) is 19.0 Å². The van der Waals surface area contributed by atoms with Crippen molar-refractivity contribution in [3.63, 3.8) is 0 Å². The predicted molar refractivity (Wildman–Crippen MR) is 51.9 cm³/mol. The van der Waals surface area contributed by atoms with Crippen molar-refractivity contribution in [1.29, 1.82) is 0 Å². The van der Waals surface area contributed by atoms with Crippen molar-refractivity contribution in [3.8, 4) is 5.75 Å². The van der Waals surface area contributed by atoms with E-state index in [-0.39, 0.29) is 0 Å². The van der Waals surface area contributed by atoms with E-state index in [9.17, 15) is 4.79 Å². The molecule has 0 fully saturated rings. The highest BCUT2D eigenvalue weighted by Gasteiger charge is 2.28. The molecular formula is C10H11NO3. The molecule has 4 nitrogen and oxygen atoms in total. The Morgan fingerprint density at radius 2 is 2.43 bits per heavy atom. The number of anilines is 1. The maximum absolute atomic E-state index is 10.8. The number of carbonyl (C=O) groups is 1. The maximum atomic E-state index is 10.8. The number of ether oxygens (including phenoxy) is 1. The van der Waals surface area contributed by atoms with E-state index in [0.29, 0.717) is 6.54 Å². The Bertz CT molecular complexity index is 376.